The quantitative estimate of drug-likeness (QED) is 0.0650. The SMILES string of the molecule is CCCCCCCCCCCCCCCCSSCCCC[P+](=O)CO[C@H](C)Cn1cnc2c(N)ncnc21. The van der Waals surface area contributed by atoms with Crippen molar-refractivity contribution in [2.45, 2.75) is 129 Å². The smallest absolute Gasteiger partial charge is 0.366 e. The van der Waals surface area contributed by atoms with Gasteiger partial charge in [-0.3, -0.25) is 0 Å². The standard InChI is InChI=1S/C29H53N5O2PS2/c1-3-4-5-6-7-8-9-10-11-12-13-14-15-17-20-38-39-21-18-16-19-37(35)25-36-26(2)22-34-24-33-27-28(30)31-23-32-29(27)34/h23-24,26H,3-22,25H2,1-2H3,(H2,30,31,32)/q+1/t26-/m1/s1. The Hall–Kier alpha value is -0.890. The van der Waals surface area contributed by atoms with Crippen LogP contribution in [0.2, 0.25) is 0 Å². The number of aromatic nitrogens is 4. The monoisotopic (exact) mass is 598 g/mol. The highest BCUT2D eigenvalue weighted by atomic mass is 33.1. The van der Waals surface area contributed by atoms with Crippen molar-refractivity contribution in [2.75, 3.05) is 29.7 Å². The molecule has 2 aromatic heterocycles. The zero-order chi connectivity index (χ0) is 28.0. The Morgan fingerprint density at radius 3 is 2.03 bits per heavy atom. The number of nitrogens with zero attached hydrogens (tertiary/aromatic N) is 4. The predicted octanol–water partition coefficient (Wildman–Crippen LogP) is 9.24. The predicted molar refractivity (Wildman–Crippen MR) is 172 cm³/mol. The van der Waals surface area contributed by atoms with Crippen LogP contribution in [0, 0.1) is 0 Å². The molecular weight excluding hydrogens is 545 g/mol. The summed E-state index contributed by atoms with van der Waals surface area (Å²) in [6.45, 7) is 4.85. The molecule has 0 radical (unpaired) electrons. The lowest BCUT2D eigenvalue weighted by Gasteiger charge is -2.10. The summed E-state index contributed by atoms with van der Waals surface area (Å²) in [6.07, 6.45) is 26.1. The summed E-state index contributed by atoms with van der Waals surface area (Å²) in [5.41, 5.74) is 7.14. The van der Waals surface area contributed by atoms with E-state index in [0.29, 0.717) is 29.9 Å². The van der Waals surface area contributed by atoms with Gasteiger partial charge >= 0.3 is 7.80 Å². The van der Waals surface area contributed by atoms with Crippen molar-refractivity contribution < 1.29 is 9.30 Å². The summed E-state index contributed by atoms with van der Waals surface area (Å²) in [4.78, 5) is 12.5. The minimum Gasteiger partial charge on any atom is -0.382 e. The number of hydrogen-bond donors (Lipinski definition) is 1. The fourth-order valence-electron chi connectivity index (χ4n) is 4.56. The third-order valence-corrected chi connectivity index (χ3v) is 10.8. The summed E-state index contributed by atoms with van der Waals surface area (Å²) in [7, 11) is 2.66. The second-order valence-corrected chi connectivity index (χ2v) is 15.0. The zero-order valence-corrected chi connectivity index (χ0v) is 27.1. The van der Waals surface area contributed by atoms with Crippen LogP contribution in [-0.2, 0) is 15.8 Å². The summed E-state index contributed by atoms with van der Waals surface area (Å²) < 4.78 is 20.1. The normalized spacial score (nSPS) is 12.8. The van der Waals surface area contributed by atoms with Crippen LogP contribution in [0.25, 0.3) is 11.2 Å². The van der Waals surface area contributed by atoms with Gasteiger partial charge in [-0.2, -0.15) is 0 Å². The van der Waals surface area contributed by atoms with Crippen molar-refractivity contribution in [3.05, 3.63) is 12.7 Å². The van der Waals surface area contributed by atoms with Gasteiger partial charge < -0.3 is 15.0 Å². The maximum absolute atomic E-state index is 12.4. The number of hydrogen-bond acceptors (Lipinski definition) is 8. The Balaban J connectivity index is 1.32. The number of nitrogens with two attached hydrogens (primary N) is 1. The van der Waals surface area contributed by atoms with Crippen LogP contribution < -0.4 is 5.73 Å². The first-order chi connectivity index (χ1) is 19.1. The molecule has 0 aromatic carbocycles. The van der Waals surface area contributed by atoms with Gasteiger partial charge in [0.05, 0.1) is 19.0 Å². The van der Waals surface area contributed by atoms with Gasteiger partial charge in [0.25, 0.3) is 0 Å². The maximum atomic E-state index is 12.4. The molecule has 0 aliphatic carbocycles. The summed E-state index contributed by atoms with van der Waals surface area (Å²) in [5.74, 6) is 2.78. The molecule has 2 atom stereocenters. The molecule has 2 rings (SSSR count). The van der Waals surface area contributed by atoms with E-state index in [0.717, 1.165) is 24.8 Å². The molecule has 39 heavy (non-hydrogen) atoms. The second-order valence-electron chi connectivity index (χ2n) is 10.6. The number of unbranched alkanes of at least 4 members (excludes halogenated alkanes) is 14. The number of imidazole rings is 1. The van der Waals surface area contributed by atoms with E-state index in [-0.39, 0.29) is 6.10 Å². The van der Waals surface area contributed by atoms with Crippen LogP contribution >= 0.6 is 29.4 Å². The molecule has 0 amide bonds. The van der Waals surface area contributed by atoms with Crippen molar-refractivity contribution >= 4 is 46.4 Å². The van der Waals surface area contributed by atoms with E-state index in [4.69, 9.17) is 10.5 Å². The molecule has 0 bridgehead atoms. The number of rotatable bonds is 26. The van der Waals surface area contributed by atoms with Crippen LogP contribution in [0.1, 0.15) is 117 Å². The molecular formula is C29H53N5O2PS2+. The Morgan fingerprint density at radius 1 is 0.846 bits per heavy atom. The minimum atomic E-state index is -1.32. The molecule has 2 heterocycles. The Morgan fingerprint density at radius 2 is 1.41 bits per heavy atom. The van der Waals surface area contributed by atoms with Crippen LogP contribution in [0.4, 0.5) is 5.82 Å². The minimum absolute atomic E-state index is 0.0839. The van der Waals surface area contributed by atoms with Crippen molar-refractivity contribution in [3.8, 4) is 0 Å². The van der Waals surface area contributed by atoms with Crippen LogP contribution in [-0.4, -0.2) is 49.6 Å². The summed E-state index contributed by atoms with van der Waals surface area (Å²) in [5, 5.41) is 0. The van der Waals surface area contributed by atoms with Crippen LogP contribution in [0.15, 0.2) is 12.7 Å². The first-order valence-electron chi connectivity index (χ1n) is 15.3. The van der Waals surface area contributed by atoms with Crippen molar-refractivity contribution in [1.82, 2.24) is 19.5 Å². The lowest BCUT2D eigenvalue weighted by molar-refractivity contribution is 0.0880. The average Bonchev–Trinajstić information content (AvgIpc) is 3.34. The topological polar surface area (TPSA) is 95.9 Å². The van der Waals surface area contributed by atoms with Crippen LogP contribution in [0.3, 0.4) is 0 Å². The molecule has 0 saturated heterocycles. The van der Waals surface area contributed by atoms with Gasteiger partial charge in [0.1, 0.15) is 18.0 Å². The van der Waals surface area contributed by atoms with Gasteiger partial charge in [-0.15, -0.1) is 0 Å². The number of nitrogen functional groups attached to an aromatic ring is 1. The summed E-state index contributed by atoms with van der Waals surface area (Å²) >= 11 is 0. The van der Waals surface area contributed by atoms with Gasteiger partial charge in [0.2, 0.25) is 6.35 Å². The lowest BCUT2D eigenvalue weighted by atomic mass is 10.0. The molecule has 7 nitrogen and oxygen atoms in total. The Bertz CT molecular complexity index is 902. The molecule has 222 valence electrons. The Labute approximate surface area is 246 Å². The van der Waals surface area contributed by atoms with Gasteiger partial charge in [0, 0.05) is 11.5 Å². The van der Waals surface area contributed by atoms with Gasteiger partial charge in [0.15, 0.2) is 11.5 Å². The second kappa shape index (κ2) is 22.8. The molecule has 0 aliphatic heterocycles. The molecule has 0 fully saturated rings. The van der Waals surface area contributed by atoms with E-state index >= 15 is 0 Å². The van der Waals surface area contributed by atoms with E-state index in [9.17, 15) is 4.57 Å². The van der Waals surface area contributed by atoms with Gasteiger partial charge in [-0.25, -0.2) is 15.0 Å². The van der Waals surface area contributed by atoms with Crippen molar-refractivity contribution in [3.63, 3.8) is 0 Å². The van der Waals surface area contributed by atoms with E-state index in [1.807, 2.05) is 33.1 Å². The highest BCUT2D eigenvalue weighted by Gasteiger charge is 2.18. The number of fused-ring (bicyclic) bond motifs is 1. The van der Waals surface area contributed by atoms with E-state index in [2.05, 4.69) is 21.9 Å². The molecule has 0 aliphatic rings. The van der Waals surface area contributed by atoms with E-state index in [1.54, 1.807) is 6.33 Å². The zero-order valence-electron chi connectivity index (χ0n) is 24.5. The van der Waals surface area contributed by atoms with Crippen molar-refractivity contribution in [2.24, 2.45) is 0 Å². The fraction of sp³-hybridized carbons (Fsp3) is 0.828. The molecule has 1 unspecified atom stereocenters. The summed E-state index contributed by atoms with van der Waals surface area (Å²) in [6, 6.07) is 0. The molecule has 2 N–H and O–H groups in total. The largest absolute Gasteiger partial charge is 0.382 e. The highest BCUT2D eigenvalue weighted by Crippen LogP contribution is 2.27. The molecule has 10 heteroatoms. The van der Waals surface area contributed by atoms with Gasteiger partial charge in [-0.1, -0.05) is 117 Å². The first kappa shape index (κ1) is 34.3. The molecule has 2 aromatic rings. The Kier molecular flexibility index (Phi) is 20.0. The van der Waals surface area contributed by atoms with E-state index < -0.39 is 7.80 Å². The fourth-order valence-corrected chi connectivity index (χ4v) is 7.98. The van der Waals surface area contributed by atoms with Crippen LogP contribution in [0.5, 0.6) is 0 Å². The highest BCUT2D eigenvalue weighted by molar-refractivity contribution is 8.76. The first-order valence-corrected chi connectivity index (χ1v) is 19.4. The number of ether oxygens (including phenoxy) is 1. The van der Waals surface area contributed by atoms with Crippen molar-refractivity contribution in [1.29, 1.82) is 0 Å². The lowest BCUT2D eigenvalue weighted by Crippen LogP contribution is -2.16. The molecule has 0 spiro atoms. The van der Waals surface area contributed by atoms with E-state index in [1.165, 1.54) is 102 Å². The van der Waals surface area contributed by atoms with Gasteiger partial charge in [-0.05, 0) is 26.2 Å². The third-order valence-electron chi connectivity index (χ3n) is 6.94. The number of anilines is 1. The average molecular weight is 599 g/mol. The maximum Gasteiger partial charge on any atom is 0.366 e. The molecule has 0 saturated carbocycles. The third kappa shape index (κ3) is 16.2.